The normalized spacial score (nSPS) is 15.4. The summed E-state index contributed by atoms with van der Waals surface area (Å²) < 4.78 is 0. The highest BCUT2D eigenvalue weighted by molar-refractivity contribution is 5.93. The maximum absolute atomic E-state index is 11.8. The number of hydrogen-bond acceptors (Lipinski definition) is 3. The third-order valence-corrected chi connectivity index (χ3v) is 2.94. The molecule has 19 heavy (non-hydrogen) atoms. The van der Waals surface area contributed by atoms with E-state index in [1.807, 2.05) is 20.8 Å². The Labute approximate surface area is 114 Å². The van der Waals surface area contributed by atoms with Gasteiger partial charge < -0.3 is 5.32 Å². The van der Waals surface area contributed by atoms with Crippen LogP contribution in [0.1, 0.15) is 33.6 Å². The summed E-state index contributed by atoms with van der Waals surface area (Å²) in [6, 6.07) is 0. The van der Waals surface area contributed by atoms with Crippen molar-refractivity contribution in [3.05, 3.63) is 23.4 Å². The zero-order chi connectivity index (χ0) is 14.6. The number of nitrogens with zero attached hydrogens (tertiary/aromatic N) is 1. The average molecular weight is 266 g/mol. The summed E-state index contributed by atoms with van der Waals surface area (Å²) in [6.45, 7) is 5.60. The van der Waals surface area contributed by atoms with Crippen molar-refractivity contribution >= 4 is 11.8 Å². The second-order valence-electron chi connectivity index (χ2n) is 5.57. The highest BCUT2D eigenvalue weighted by Crippen LogP contribution is 2.20. The Morgan fingerprint density at radius 1 is 1.26 bits per heavy atom. The lowest BCUT2D eigenvalue weighted by Gasteiger charge is -2.22. The molecule has 0 aromatic rings. The van der Waals surface area contributed by atoms with E-state index in [2.05, 4.69) is 5.32 Å². The summed E-state index contributed by atoms with van der Waals surface area (Å²) in [5.74, 6) is -0.170. The van der Waals surface area contributed by atoms with E-state index in [9.17, 15) is 9.59 Å². The molecule has 5 nitrogen and oxygen atoms in total. The van der Waals surface area contributed by atoms with Gasteiger partial charge in [0.15, 0.2) is 0 Å². The molecule has 0 aromatic heterocycles. The van der Waals surface area contributed by atoms with E-state index in [0.717, 1.165) is 5.70 Å². The monoisotopic (exact) mass is 266 g/mol. The average Bonchev–Trinajstić information content (AvgIpc) is 2.36. The first-order valence-electron chi connectivity index (χ1n) is 6.29. The third kappa shape index (κ3) is 4.21. The van der Waals surface area contributed by atoms with Gasteiger partial charge in [0, 0.05) is 23.7 Å². The van der Waals surface area contributed by atoms with Crippen LogP contribution in [0.4, 0.5) is 0 Å². The first-order valence-corrected chi connectivity index (χ1v) is 6.29. The quantitative estimate of drug-likeness (QED) is 0.792. The van der Waals surface area contributed by atoms with Crippen molar-refractivity contribution in [3.8, 4) is 0 Å². The van der Waals surface area contributed by atoms with Gasteiger partial charge in [-0.3, -0.25) is 14.4 Å². The Balaban J connectivity index is 2.69. The predicted molar refractivity (Wildman–Crippen MR) is 72.8 cm³/mol. The summed E-state index contributed by atoms with van der Waals surface area (Å²) in [7, 11) is 3.02. The molecule has 0 fully saturated rings. The van der Waals surface area contributed by atoms with Crippen LogP contribution >= 0.6 is 0 Å². The SMILES string of the molecule is CON(C)C(=O)C1=CC=C(NC(=O)C(C)(C)C)CC1. The Morgan fingerprint density at radius 2 is 1.89 bits per heavy atom. The van der Waals surface area contributed by atoms with Crippen LogP contribution in [0.25, 0.3) is 0 Å². The Hall–Kier alpha value is -1.62. The van der Waals surface area contributed by atoms with E-state index in [0.29, 0.717) is 18.4 Å². The van der Waals surface area contributed by atoms with Crippen LogP contribution in [0.5, 0.6) is 0 Å². The third-order valence-electron chi connectivity index (χ3n) is 2.94. The molecule has 1 aliphatic carbocycles. The van der Waals surface area contributed by atoms with Crippen molar-refractivity contribution in [1.29, 1.82) is 0 Å². The van der Waals surface area contributed by atoms with Crippen LogP contribution in [-0.4, -0.2) is 31.0 Å². The molecular formula is C14H22N2O3. The molecule has 0 atom stereocenters. The Kier molecular flexibility index (Phi) is 4.89. The molecule has 1 N–H and O–H groups in total. The molecule has 0 heterocycles. The van der Waals surface area contributed by atoms with Gasteiger partial charge in [0.05, 0.1) is 7.11 Å². The fraction of sp³-hybridized carbons (Fsp3) is 0.571. The van der Waals surface area contributed by atoms with Gasteiger partial charge in [-0.25, -0.2) is 5.06 Å². The molecule has 1 aliphatic rings. The van der Waals surface area contributed by atoms with E-state index in [-0.39, 0.29) is 11.8 Å². The second kappa shape index (κ2) is 6.02. The van der Waals surface area contributed by atoms with Crippen LogP contribution < -0.4 is 5.32 Å². The highest BCUT2D eigenvalue weighted by Gasteiger charge is 2.23. The predicted octanol–water partition coefficient (Wildman–Crippen LogP) is 1.77. The molecule has 1 rings (SSSR count). The summed E-state index contributed by atoms with van der Waals surface area (Å²) in [4.78, 5) is 28.5. The van der Waals surface area contributed by atoms with Crippen LogP contribution in [0, 0.1) is 5.41 Å². The number of allylic oxidation sites excluding steroid dienone is 3. The van der Waals surface area contributed by atoms with E-state index >= 15 is 0 Å². The van der Waals surface area contributed by atoms with Crippen LogP contribution in [-0.2, 0) is 14.4 Å². The molecule has 0 saturated heterocycles. The second-order valence-corrected chi connectivity index (χ2v) is 5.57. The van der Waals surface area contributed by atoms with Gasteiger partial charge in [0.2, 0.25) is 5.91 Å². The van der Waals surface area contributed by atoms with Crippen molar-refractivity contribution in [2.24, 2.45) is 5.41 Å². The largest absolute Gasteiger partial charge is 0.329 e. The van der Waals surface area contributed by atoms with Gasteiger partial charge in [-0.2, -0.15) is 0 Å². The Bertz CT molecular complexity index is 430. The van der Waals surface area contributed by atoms with Gasteiger partial charge in [-0.1, -0.05) is 26.8 Å². The van der Waals surface area contributed by atoms with Gasteiger partial charge in [0.25, 0.3) is 5.91 Å². The van der Waals surface area contributed by atoms with E-state index in [1.54, 1.807) is 19.2 Å². The van der Waals surface area contributed by atoms with Crippen molar-refractivity contribution in [2.75, 3.05) is 14.2 Å². The van der Waals surface area contributed by atoms with Crippen molar-refractivity contribution in [2.45, 2.75) is 33.6 Å². The maximum Gasteiger partial charge on any atom is 0.273 e. The molecule has 0 aliphatic heterocycles. The number of amides is 2. The topological polar surface area (TPSA) is 58.6 Å². The van der Waals surface area contributed by atoms with Crippen molar-refractivity contribution < 1.29 is 14.4 Å². The van der Waals surface area contributed by atoms with Gasteiger partial charge >= 0.3 is 0 Å². The smallest absolute Gasteiger partial charge is 0.273 e. The molecular weight excluding hydrogens is 244 g/mol. The van der Waals surface area contributed by atoms with Crippen LogP contribution in [0.3, 0.4) is 0 Å². The number of likely N-dealkylation sites (N-methyl/N-ethyl adjacent to an activating group) is 1. The number of rotatable bonds is 3. The molecule has 106 valence electrons. The fourth-order valence-electron chi connectivity index (χ4n) is 1.54. The number of carbonyl (C=O) groups is 2. The molecule has 0 bridgehead atoms. The zero-order valence-corrected chi connectivity index (χ0v) is 12.2. The lowest BCUT2D eigenvalue weighted by atomic mass is 9.94. The van der Waals surface area contributed by atoms with Crippen LogP contribution in [0.15, 0.2) is 23.4 Å². The number of nitrogens with one attached hydrogen (secondary N) is 1. The fourth-order valence-corrected chi connectivity index (χ4v) is 1.54. The van der Waals surface area contributed by atoms with E-state index in [4.69, 9.17) is 4.84 Å². The first kappa shape index (κ1) is 15.4. The van der Waals surface area contributed by atoms with Crippen molar-refractivity contribution in [3.63, 3.8) is 0 Å². The molecule has 0 unspecified atom stereocenters. The van der Waals surface area contributed by atoms with E-state index in [1.165, 1.54) is 12.2 Å². The highest BCUT2D eigenvalue weighted by atomic mass is 16.7. The summed E-state index contributed by atoms with van der Waals surface area (Å²) in [5.41, 5.74) is 1.10. The van der Waals surface area contributed by atoms with Gasteiger partial charge in [-0.05, 0) is 18.9 Å². The lowest BCUT2D eigenvalue weighted by Crippen LogP contribution is -2.35. The number of hydroxylamine groups is 2. The summed E-state index contributed by atoms with van der Waals surface area (Å²) in [6.07, 6.45) is 4.77. The minimum absolute atomic E-state index is 0.0177. The maximum atomic E-state index is 11.8. The zero-order valence-electron chi connectivity index (χ0n) is 12.2. The molecule has 0 spiro atoms. The minimum Gasteiger partial charge on any atom is -0.329 e. The summed E-state index contributed by atoms with van der Waals surface area (Å²) >= 11 is 0. The minimum atomic E-state index is -0.420. The lowest BCUT2D eigenvalue weighted by molar-refractivity contribution is -0.164. The van der Waals surface area contributed by atoms with Crippen molar-refractivity contribution in [1.82, 2.24) is 10.4 Å². The first-order chi connectivity index (χ1) is 8.75. The molecule has 0 radical (unpaired) electrons. The number of carbonyl (C=O) groups excluding carboxylic acids is 2. The number of hydrogen-bond donors (Lipinski definition) is 1. The van der Waals surface area contributed by atoms with Crippen LogP contribution in [0.2, 0.25) is 0 Å². The van der Waals surface area contributed by atoms with Gasteiger partial charge in [0.1, 0.15) is 0 Å². The molecule has 2 amide bonds. The standard InChI is InChI=1S/C14H22N2O3/c1-14(2,3)13(18)15-11-8-6-10(7-9-11)12(17)16(4)19-5/h6,8H,7,9H2,1-5H3,(H,15,18). The summed E-state index contributed by atoms with van der Waals surface area (Å²) in [5, 5.41) is 4.08. The van der Waals surface area contributed by atoms with Gasteiger partial charge in [-0.15, -0.1) is 0 Å². The van der Waals surface area contributed by atoms with E-state index < -0.39 is 5.41 Å². The Morgan fingerprint density at radius 3 is 2.32 bits per heavy atom. The molecule has 5 heteroatoms. The molecule has 0 aromatic carbocycles. The molecule has 0 saturated carbocycles.